The van der Waals surface area contributed by atoms with Crippen molar-refractivity contribution in [1.82, 2.24) is 25.1 Å². The van der Waals surface area contributed by atoms with Gasteiger partial charge in [-0.1, -0.05) is 42.1 Å². The number of rotatable bonds is 7. The minimum atomic E-state index is -0.0818. The molecule has 8 heteroatoms. The quantitative estimate of drug-likeness (QED) is 0.605. The first kappa shape index (κ1) is 19.6. The maximum atomic E-state index is 12.4. The van der Waals surface area contributed by atoms with Gasteiger partial charge in [0.25, 0.3) is 0 Å². The normalized spacial score (nSPS) is 14.2. The molecule has 0 bridgehead atoms. The molecule has 0 radical (unpaired) electrons. The van der Waals surface area contributed by atoms with Crippen LogP contribution in [0, 0.1) is 6.92 Å². The molecular weight excluding hydrogens is 384 g/mol. The SMILES string of the molecule is Cc1ccccc1-n1nnnc1SCC(=O)Nc1ccc(CN2CCCC2)cc1. The number of hydrogen-bond donors (Lipinski definition) is 1. The number of carbonyl (C=O) groups is 1. The zero-order valence-electron chi connectivity index (χ0n) is 16.4. The smallest absolute Gasteiger partial charge is 0.234 e. The summed E-state index contributed by atoms with van der Waals surface area (Å²) in [4.78, 5) is 14.8. The molecule has 7 nitrogen and oxygen atoms in total. The predicted molar refractivity (Wildman–Crippen MR) is 114 cm³/mol. The van der Waals surface area contributed by atoms with Gasteiger partial charge in [0.15, 0.2) is 0 Å². The maximum absolute atomic E-state index is 12.4. The van der Waals surface area contributed by atoms with E-state index >= 15 is 0 Å². The summed E-state index contributed by atoms with van der Waals surface area (Å²) in [5.41, 5.74) is 4.06. The zero-order chi connectivity index (χ0) is 20.1. The van der Waals surface area contributed by atoms with Crippen LogP contribution in [0.3, 0.4) is 0 Å². The van der Waals surface area contributed by atoms with Crippen molar-refractivity contribution in [2.45, 2.75) is 31.5 Å². The molecule has 1 aliphatic heterocycles. The van der Waals surface area contributed by atoms with Crippen LogP contribution in [0.25, 0.3) is 5.69 Å². The molecule has 3 aromatic rings. The van der Waals surface area contributed by atoms with Crippen molar-refractivity contribution in [3.63, 3.8) is 0 Å². The summed E-state index contributed by atoms with van der Waals surface area (Å²) in [7, 11) is 0. The Kier molecular flexibility index (Phi) is 6.21. The second-order valence-electron chi connectivity index (χ2n) is 7.18. The molecule has 2 aromatic carbocycles. The van der Waals surface area contributed by atoms with Gasteiger partial charge in [-0.3, -0.25) is 9.69 Å². The average molecular weight is 409 g/mol. The van der Waals surface area contributed by atoms with Crippen LogP contribution in [0.1, 0.15) is 24.0 Å². The highest BCUT2D eigenvalue weighted by Gasteiger charge is 2.14. The number of aromatic nitrogens is 4. The molecule has 1 amide bonds. The molecule has 0 atom stereocenters. The van der Waals surface area contributed by atoms with E-state index in [0.29, 0.717) is 5.16 Å². The Bertz CT molecular complexity index is 965. The molecule has 1 aromatic heterocycles. The van der Waals surface area contributed by atoms with Gasteiger partial charge in [-0.15, -0.1) is 5.10 Å². The fraction of sp³-hybridized carbons (Fsp3) is 0.333. The number of hydrogen-bond acceptors (Lipinski definition) is 6. The van der Waals surface area contributed by atoms with Gasteiger partial charge in [-0.2, -0.15) is 4.68 Å². The molecule has 1 N–H and O–H groups in total. The first-order valence-corrected chi connectivity index (χ1v) is 10.8. The monoisotopic (exact) mass is 408 g/mol. The molecule has 2 heterocycles. The fourth-order valence-electron chi connectivity index (χ4n) is 3.44. The van der Waals surface area contributed by atoms with Crippen LogP contribution >= 0.6 is 11.8 Å². The number of nitrogens with one attached hydrogen (secondary N) is 1. The standard InChI is InChI=1S/C21H24N6OS/c1-16-6-2-3-7-19(16)27-21(23-24-25-27)29-15-20(28)22-18-10-8-17(9-11-18)14-26-12-4-5-13-26/h2-3,6-11H,4-5,12-15H2,1H3,(H,22,28). The van der Waals surface area contributed by atoms with E-state index in [4.69, 9.17) is 0 Å². The zero-order valence-corrected chi connectivity index (χ0v) is 17.2. The van der Waals surface area contributed by atoms with Crippen LogP contribution < -0.4 is 5.32 Å². The first-order chi connectivity index (χ1) is 14.2. The lowest BCUT2D eigenvalue weighted by Gasteiger charge is -2.14. The second kappa shape index (κ2) is 9.19. The number of thioether (sulfide) groups is 1. The highest BCUT2D eigenvalue weighted by atomic mass is 32.2. The van der Waals surface area contributed by atoms with Crippen molar-refractivity contribution >= 4 is 23.4 Å². The third-order valence-electron chi connectivity index (χ3n) is 4.96. The predicted octanol–water partition coefficient (Wildman–Crippen LogP) is 3.30. The molecule has 0 saturated carbocycles. The summed E-state index contributed by atoms with van der Waals surface area (Å²) in [6, 6.07) is 16.0. The number of benzene rings is 2. The Morgan fingerprint density at radius 1 is 1.10 bits per heavy atom. The number of aryl methyl sites for hydroxylation is 1. The van der Waals surface area contributed by atoms with Crippen molar-refractivity contribution in [2.24, 2.45) is 0 Å². The topological polar surface area (TPSA) is 75.9 Å². The van der Waals surface area contributed by atoms with Gasteiger partial charge < -0.3 is 5.32 Å². The third-order valence-corrected chi connectivity index (χ3v) is 5.88. The number of anilines is 1. The molecule has 0 unspecified atom stereocenters. The van der Waals surface area contributed by atoms with E-state index in [1.807, 2.05) is 43.3 Å². The van der Waals surface area contributed by atoms with Crippen LogP contribution in [0.2, 0.25) is 0 Å². The molecular formula is C21H24N6OS. The van der Waals surface area contributed by atoms with Gasteiger partial charge in [-0.25, -0.2) is 0 Å². The molecule has 4 rings (SSSR count). The van der Waals surface area contributed by atoms with Crippen LogP contribution in [0.5, 0.6) is 0 Å². The molecule has 1 fully saturated rings. The van der Waals surface area contributed by atoms with E-state index in [-0.39, 0.29) is 11.7 Å². The fourth-order valence-corrected chi connectivity index (χ4v) is 4.12. The number of tetrazole rings is 1. The van der Waals surface area contributed by atoms with E-state index in [0.717, 1.165) is 23.5 Å². The minimum Gasteiger partial charge on any atom is -0.325 e. The van der Waals surface area contributed by atoms with E-state index in [2.05, 4.69) is 37.9 Å². The van der Waals surface area contributed by atoms with E-state index in [1.165, 1.54) is 43.3 Å². The van der Waals surface area contributed by atoms with Gasteiger partial charge in [0.05, 0.1) is 11.4 Å². The molecule has 0 spiro atoms. The lowest BCUT2D eigenvalue weighted by Crippen LogP contribution is -2.18. The van der Waals surface area contributed by atoms with E-state index < -0.39 is 0 Å². The second-order valence-corrected chi connectivity index (χ2v) is 8.12. The van der Waals surface area contributed by atoms with Crippen molar-refractivity contribution in [3.8, 4) is 5.69 Å². The summed E-state index contributed by atoms with van der Waals surface area (Å²) in [5, 5.41) is 15.4. The highest BCUT2D eigenvalue weighted by molar-refractivity contribution is 7.99. The Morgan fingerprint density at radius 2 is 1.86 bits per heavy atom. The summed E-state index contributed by atoms with van der Waals surface area (Å²) >= 11 is 1.32. The lowest BCUT2D eigenvalue weighted by atomic mass is 10.2. The summed E-state index contributed by atoms with van der Waals surface area (Å²) < 4.78 is 1.67. The molecule has 29 heavy (non-hydrogen) atoms. The van der Waals surface area contributed by atoms with Crippen LogP contribution in [0.4, 0.5) is 5.69 Å². The van der Waals surface area contributed by atoms with Crippen molar-refractivity contribution < 1.29 is 4.79 Å². The highest BCUT2D eigenvalue weighted by Crippen LogP contribution is 2.21. The maximum Gasteiger partial charge on any atom is 0.234 e. The van der Waals surface area contributed by atoms with Gasteiger partial charge in [-0.05, 0) is 72.6 Å². The number of amides is 1. The largest absolute Gasteiger partial charge is 0.325 e. The van der Waals surface area contributed by atoms with Gasteiger partial charge in [0, 0.05) is 12.2 Å². The van der Waals surface area contributed by atoms with Crippen molar-refractivity contribution in [2.75, 3.05) is 24.2 Å². The Balaban J connectivity index is 1.32. The Hall–Kier alpha value is -2.71. The van der Waals surface area contributed by atoms with Crippen LogP contribution in [-0.2, 0) is 11.3 Å². The van der Waals surface area contributed by atoms with E-state index in [1.54, 1.807) is 4.68 Å². The summed E-state index contributed by atoms with van der Waals surface area (Å²) in [6.07, 6.45) is 2.58. The van der Waals surface area contributed by atoms with Gasteiger partial charge in [0.2, 0.25) is 11.1 Å². The number of likely N-dealkylation sites (tertiary alicyclic amines) is 1. The minimum absolute atomic E-state index is 0.0818. The molecule has 1 saturated heterocycles. The number of carbonyl (C=O) groups excluding carboxylic acids is 1. The van der Waals surface area contributed by atoms with Crippen LogP contribution in [-0.4, -0.2) is 49.9 Å². The molecule has 150 valence electrons. The Morgan fingerprint density at radius 3 is 2.62 bits per heavy atom. The average Bonchev–Trinajstić information content (AvgIpc) is 3.40. The number of nitrogens with zero attached hydrogens (tertiary/aromatic N) is 5. The first-order valence-electron chi connectivity index (χ1n) is 9.77. The molecule has 0 aliphatic carbocycles. The van der Waals surface area contributed by atoms with Crippen molar-refractivity contribution in [1.29, 1.82) is 0 Å². The summed E-state index contributed by atoms with van der Waals surface area (Å²) in [5.74, 6) is 0.156. The van der Waals surface area contributed by atoms with Gasteiger partial charge in [0.1, 0.15) is 0 Å². The van der Waals surface area contributed by atoms with Gasteiger partial charge >= 0.3 is 0 Å². The van der Waals surface area contributed by atoms with Crippen LogP contribution in [0.15, 0.2) is 53.7 Å². The summed E-state index contributed by atoms with van der Waals surface area (Å²) in [6.45, 7) is 5.34. The van der Waals surface area contributed by atoms with Crippen molar-refractivity contribution in [3.05, 3.63) is 59.7 Å². The Labute approximate surface area is 174 Å². The lowest BCUT2D eigenvalue weighted by molar-refractivity contribution is -0.113. The molecule has 1 aliphatic rings. The van der Waals surface area contributed by atoms with E-state index in [9.17, 15) is 4.79 Å². The third kappa shape index (κ3) is 5.02. The number of para-hydroxylation sites is 1.